The minimum Gasteiger partial charge on any atom is -0.393 e. The van der Waals surface area contributed by atoms with Crippen molar-refractivity contribution in [2.24, 2.45) is 11.7 Å². The predicted octanol–water partition coefficient (Wildman–Crippen LogP) is 3.49. The van der Waals surface area contributed by atoms with Gasteiger partial charge in [0.05, 0.1) is 15.1 Å². The molecule has 1 saturated carbocycles. The summed E-state index contributed by atoms with van der Waals surface area (Å²) in [5, 5.41) is -0.0521. The Bertz CT molecular complexity index is 862. The van der Waals surface area contributed by atoms with Crippen molar-refractivity contribution in [2.75, 3.05) is 0 Å². The minimum atomic E-state index is -3.50. The maximum atomic E-state index is 12.9. The largest absolute Gasteiger partial charge is 0.393 e. The van der Waals surface area contributed by atoms with Crippen molar-refractivity contribution in [3.63, 3.8) is 0 Å². The molecule has 1 fully saturated rings. The maximum Gasteiger partial charge on any atom is 0.182 e. The average Bonchev–Trinajstić information content (AvgIpc) is 3.24. The molecule has 2 aromatic rings. The fourth-order valence-corrected chi connectivity index (χ4v) is 5.74. The van der Waals surface area contributed by atoms with Gasteiger partial charge in [0.15, 0.2) is 9.84 Å². The van der Waals surface area contributed by atoms with Gasteiger partial charge in [0.25, 0.3) is 0 Å². The van der Waals surface area contributed by atoms with E-state index in [9.17, 15) is 8.42 Å². The van der Waals surface area contributed by atoms with Crippen molar-refractivity contribution in [2.45, 2.75) is 23.0 Å². The molecule has 6 heteroatoms. The first-order valence-electron chi connectivity index (χ1n) is 7.18. The van der Waals surface area contributed by atoms with E-state index in [2.05, 4.69) is 0 Å². The molecule has 0 aliphatic heterocycles. The Labute approximate surface area is 146 Å². The topological polar surface area (TPSA) is 60.2 Å². The maximum absolute atomic E-state index is 12.9. The highest BCUT2D eigenvalue weighted by Crippen LogP contribution is 2.54. The Kier molecular flexibility index (Phi) is 4.21. The van der Waals surface area contributed by atoms with Crippen LogP contribution in [0.15, 0.2) is 53.4 Å². The van der Waals surface area contributed by atoms with Crippen LogP contribution in [0.3, 0.4) is 0 Å². The van der Waals surface area contributed by atoms with E-state index in [1.54, 1.807) is 36.4 Å². The zero-order chi connectivity index (χ0) is 16.8. The van der Waals surface area contributed by atoms with Gasteiger partial charge in [-0.2, -0.15) is 0 Å². The quantitative estimate of drug-likeness (QED) is 0.842. The number of hydrogen-bond acceptors (Lipinski definition) is 3. The highest BCUT2D eigenvalue weighted by atomic mass is 35.5. The number of nitrogens with two attached hydrogens (primary N) is 1. The third-order valence-electron chi connectivity index (χ3n) is 4.22. The summed E-state index contributed by atoms with van der Waals surface area (Å²) in [6, 6.07) is 14.1. The van der Waals surface area contributed by atoms with E-state index in [0.29, 0.717) is 9.92 Å². The second-order valence-corrected chi connectivity index (χ2v) is 8.85. The number of rotatable bonds is 4. The first kappa shape index (κ1) is 16.4. The Hall–Kier alpha value is -1.43. The van der Waals surface area contributed by atoms with E-state index < -0.39 is 15.1 Å². The third kappa shape index (κ3) is 3.01. The molecule has 0 unspecified atom stereocenters. The molecule has 1 aliphatic rings. The highest BCUT2D eigenvalue weighted by molar-refractivity contribution is 7.92. The van der Waals surface area contributed by atoms with E-state index in [4.69, 9.17) is 29.6 Å². The van der Waals surface area contributed by atoms with E-state index in [-0.39, 0.29) is 16.8 Å². The summed E-state index contributed by atoms with van der Waals surface area (Å²) in [6.45, 7) is 1.92. The standard InChI is InChI=1S/C17H16ClNO2S2/c1-10-5-7-13(8-6-10)23(20,21)16-14(15(16)17(19)22)11-3-2-4-12(18)9-11/h2-9,14-16H,1H3,(H2,19,22)/t14-,15+,16-/m0/s1. The van der Waals surface area contributed by atoms with Crippen molar-refractivity contribution < 1.29 is 8.42 Å². The highest BCUT2D eigenvalue weighted by Gasteiger charge is 2.60. The smallest absolute Gasteiger partial charge is 0.182 e. The molecule has 0 bridgehead atoms. The molecule has 0 saturated heterocycles. The van der Waals surface area contributed by atoms with E-state index in [1.165, 1.54) is 0 Å². The summed E-state index contributed by atoms with van der Waals surface area (Å²) in [5.74, 6) is -0.590. The number of hydrogen-bond donors (Lipinski definition) is 1. The second-order valence-electron chi connectivity index (χ2n) is 5.83. The van der Waals surface area contributed by atoms with Gasteiger partial charge in [-0.25, -0.2) is 8.42 Å². The monoisotopic (exact) mass is 365 g/mol. The SMILES string of the molecule is Cc1ccc(S(=O)(=O)[C@@H]2[C@H](C(N)=S)[C@@H]2c2cccc(Cl)c2)cc1. The molecule has 3 rings (SSSR count). The zero-order valence-corrected chi connectivity index (χ0v) is 14.8. The second kappa shape index (κ2) is 5.89. The van der Waals surface area contributed by atoms with Crippen LogP contribution in [0.1, 0.15) is 17.0 Å². The lowest BCUT2D eigenvalue weighted by molar-refractivity contribution is 0.593. The summed E-state index contributed by atoms with van der Waals surface area (Å²) >= 11 is 11.1. The Morgan fingerprint density at radius 3 is 2.39 bits per heavy atom. The Balaban J connectivity index is 2.00. The van der Waals surface area contributed by atoms with Crippen molar-refractivity contribution in [1.82, 2.24) is 0 Å². The van der Waals surface area contributed by atoms with E-state index in [0.717, 1.165) is 11.1 Å². The van der Waals surface area contributed by atoms with Crippen LogP contribution in [0.2, 0.25) is 5.02 Å². The zero-order valence-electron chi connectivity index (χ0n) is 12.4. The van der Waals surface area contributed by atoms with Gasteiger partial charge in [-0.3, -0.25) is 0 Å². The molecule has 0 radical (unpaired) electrons. The molecule has 3 atom stereocenters. The summed E-state index contributed by atoms with van der Waals surface area (Å²) < 4.78 is 25.9. The van der Waals surface area contributed by atoms with Gasteiger partial charge < -0.3 is 5.73 Å². The number of halogens is 1. The Morgan fingerprint density at radius 1 is 1.17 bits per heavy atom. The van der Waals surface area contributed by atoms with Gasteiger partial charge in [0, 0.05) is 16.9 Å². The van der Waals surface area contributed by atoms with Crippen LogP contribution in [0, 0.1) is 12.8 Å². The van der Waals surface area contributed by atoms with Gasteiger partial charge in [-0.05, 0) is 36.8 Å². The fourth-order valence-electron chi connectivity index (χ4n) is 3.00. The molecule has 0 amide bonds. The van der Waals surface area contributed by atoms with Crippen molar-refractivity contribution in [3.05, 3.63) is 64.7 Å². The molecule has 0 spiro atoms. The summed E-state index contributed by atoms with van der Waals surface area (Å²) in [6.07, 6.45) is 0. The van der Waals surface area contributed by atoms with Gasteiger partial charge in [-0.15, -0.1) is 0 Å². The lowest BCUT2D eigenvalue weighted by atomic mass is 10.1. The van der Waals surface area contributed by atoms with Crippen LogP contribution in [0.5, 0.6) is 0 Å². The van der Waals surface area contributed by atoms with Gasteiger partial charge in [0.1, 0.15) is 0 Å². The van der Waals surface area contributed by atoms with Crippen LogP contribution in [0.25, 0.3) is 0 Å². The Morgan fingerprint density at radius 2 is 1.83 bits per heavy atom. The minimum absolute atomic E-state index is 0.232. The average molecular weight is 366 g/mol. The van der Waals surface area contributed by atoms with Crippen LogP contribution in [-0.4, -0.2) is 18.7 Å². The summed E-state index contributed by atoms with van der Waals surface area (Å²) in [5.41, 5.74) is 7.66. The van der Waals surface area contributed by atoms with E-state index in [1.807, 2.05) is 19.1 Å². The molecule has 0 heterocycles. The van der Waals surface area contributed by atoms with Crippen LogP contribution < -0.4 is 5.73 Å². The lowest BCUT2D eigenvalue weighted by Gasteiger charge is -2.05. The molecule has 120 valence electrons. The fraction of sp³-hybridized carbons (Fsp3) is 0.235. The van der Waals surface area contributed by atoms with Crippen molar-refractivity contribution >= 4 is 38.6 Å². The predicted molar refractivity (Wildman–Crippen MR) is 96.6 cm³/mol. The number of sulfone groups is 1. The van der Waals surface area contributed by atoms with Crippen molar-refractivity contribution in [1.29, 1.82) is 0 Å². The summed E-state index contributed by atoms with van der Waals surface area (Å²) in [7, 11) is -3.50. The van der Waals surface area contributed by atoms with Gasteiger partial charge in [-0.1, -0.05) is 53.6 Å². The molecule has 3 nitrogen and oxygen atoms in total. The van der Waals surface area contributed by atoms with E-state index >= 15 is 0 Å². The molecule has 2 N–H and O–H groups in total. The lowest BCUT2D eigenvalue weighted by Crippen LogP contribution is -2.17. The number of thiocarbonyl (C=S) groups is 1. The number of benzene rings is 2. The normalized spacial score (nSPS) is 23.5. The van der Waals surface area contributed by atoms with Gasteiger partial charge in [0.2, 0.25) is 0 Å². The molecular formula is C17H16ClNO2S2. The first-order valence-corrected chi connectivity index (χ1v) is 9.51. The van der Waals surface area contributed by atoms with Crippen molar-refractivity contribution in [3.8, 4) is 0 Å². The van der Waals surface area contributed by atoms with Crippen LogP contribution in [-0.2, 0) is 9.84 Å². The molecule has 23 heavy (non-hydrogen) atoms. The third-order valence-corrected chi connectivity index (χ3v) is 6.96. The number of aryl methyl sites for hydroxylation is 1. The van der Waals surface area contributed by atoms with Crippen LogP contribution >= 0.6 is 23.8 Å². The molecule has 1 aliphatic carbocycles. The molecular weight excluding hydrogens is 350 g/mol. The first-order chi connectivity index (χ1) is 10.8. The van der Waals surface area contributed by atoms with Gasteiger partial charge >= 0.3 is 0 Å². The summed E-state index contributed by atoms with van der Waals surface area (Å²) in [4.78, 5) is 0.537. The van der Waals surface area contributed by atoms with Crippen LogP contribution in [0.4, 0.5) is 0 Å². The molecule has 0 aromatic heterocycles. The molecule has 2 aromatic carbocycles.